The Labute approximate surface area is 81.1 Å². The highest BCUT2D eigenvalue weighted by atomic mass is 16.1. The summed E-state index contributed by atoms with van der Waals surface area (Å²) in [6.07, 6.45) is 2.17. The van der Waals surface area contributed by atoms with Crippen LogP contribution in [0.4, 0.5) is 0 Å². The molecule has 2 rings (SSSR count). The first-order valence-corrected chi connectivity index (χ1v) is 4.40. The zero-order valence-electron chi connectivity index (χ0n) is 7.66. The van der Waals surface area contributed by atoms with Gasteiger partial charge in [0, 0.05) is 6.42 Å². The highest BCUT2D eigenvalue weighted by molar-refractivity contribution is 5.73. The van der Waals surface area contributed by atoms with E-state index < -0.39 is 0 Å². The van der Waals surface area contributed by atoms with Crippen molar-refractivity contribution in [2.75, 3.05) is 0 Å². The van der Waals surface area contributed by atoms with E-state index in [0.717, 1.165) is 11.0 Å². The van der Waals surface area contributed by atoms with E-state index in [2.05, 4.69) is 16.5 Å². The van der Waals surface area contributed by atoms with Gasteiger partial charge in [0.1, 0.15) is 5.69 Å². The molecule has 0 bridgehead atoms. The number of nitrogens with one attached hydrogen (secondary N) is 1. The first-order valence-electron chi connectivity index (χ1n) is 4.40. The number of fused-ring (bicyclic) bond motifs is 1. The Bertz CT molecular complexity index is 528. The van der Waals surface area contributed by atoms with Crippen LogP contribution in [0.15, 0.2) is 41.7 Å². The summed E-state index contributed by atoms with van der Waals surface area (Å²) in [5.41, 5.74) is 1.96. The number of para-hydroxylation sites is 2. The molecular formula is C11H10N2O. The monoisotopic (exact) mass is 186 g/mol. The highest BCUT2D eigenvalue weighted by Crippen LogP contribution is 2.05. The highest BCUT2D eigenvalue weighted by Gasteiger charge is 2.01. The number of hydrogen-bond acceptors (Lipinski definition) is 2. The molecule has 0 aliphatic rings. The summed E-state index contributed by atoms with van der Waals surface area (Å²) in [6, 6.07) is 7.47. The molecule has 1 heterocycles. The largest absolute Gasteiger partial charge is 0.319 e. The summed E-state index contributed by atoms with van der Waals surface area (Å²) in [6.45, 7) is 3.58. The molecule has 0 aliphatic carbocycles. The molecule has 3 nitrogen and oxygen atoms in total. The van der Waals surface area contributed by atoms with Crippen LogP contribution in [0.2, 0.25) is 0 Å². The molecule has 70 valence electrons. The summed E-state index contributed by atoms with van der Waals surface area (Å²) in [5, 5.41) is 0. The molecule has 14 heavy (non-hydrogen) atoms. The van der Waals surface area contributed by atoms with Gasteiger partial charge in [-0.1, -0.05) is 18.2 Å². The topological polar surface area (TPSA) is 45.8 Å². The third-order valence-electron chi connectivity index (χ3n) is 2.01. The van der Waals surface area contributed by atoms with E-state index >= 15 is 0 Å². The molecule has 0 saturated heterocycles. The molecule has 0 fully saturated rings. The van der Waals surface area contributed by atoms with E-state index in [4.69, 9.17) is 0 Å². The minimum absolute atomic E-state index is 0.136. The van der Waals surface area contributed by atoms with Crippen LogP contribution in [-0.2, 0) is 6.42 Å². The number of rotatable bonds is 2. The molecule has 0 spiro atoms. The molecule has 0 saturated carbocycles. The quantitative estimate of drug-likeness (QED) is 0.725. The van der Waals surface area contributed by atoms with Gasteiger partial charge in [0.05, 0.1) is 11.0 Å². The second-order valence-electron chi connectivity index (χ2n) is 3.02. The van der Waals surface area contributed by atoms with Gasteiger partial charge in [0.2, 0.25) is 0 Å². The van der Waals surface area contributed by atoms with Gasteiger partial charge in [-0.3, -0.25) is 4.79 Å². The molecule has 0 radical (unpaired) electrons. The lowest BCUT2D eigenvalue weighted by Crippen LogP contribution is -2.14. The Hall–Kier alpha value is -1.90. The second kappa shape index (κ2) is 3.46. The Kier molecular flexibility index (Phi) is 2.14. The van der Waals surface area contributed by atoms with Crippen molar-refractivity contribution < 1.29 is 0 Å². The average Bonchev–Trinajstić information content (AvgIpc) is 2.19. The fourth-order valence-corrected chi connectivity index (χ4v) is 1.34. The first kappa shape index (κ1) is 8.69. The van der Waals surface area contributed by atoms with E-state index in [1.807, 2.05) is 24.3 Å². The molecular weight excluding hydrogens is 176 g/mol. The van der Waals surface area contributed by atoms with E-state index in [1.54, 1.807) is 6.08 Å². The lowest BCUT2D eigenvalue weighted by Gasteiger charge is -1.98. The van der Waals surface area contributed by atoms with Crippen LogP contribution in [0.5, 0.6) is 0 Å². The molecule has 2 aromatic rings. The second-order valence-corrected chi connectivity index (χ2v) is 3.02. The van der Waals surface area contributed by atoms with Gasteiger partial charge in [-0.05, 0) is 12.1 Å². The van der Waals surface area contributed by atoms with Crippen LogP contribution in [-0.4, -0.2) is 9.97 Å². The van der Waals surface area contributed by atoms with Crippen LogP contribution in [0.1, 0.15) is 5.69 Å². The fraction of sp³-hybridized carbons (Fsp3) is 0.0909. The third kappa shape index (κ3) is 1.44. The first-order chi connectivity index (χ1) is 6.81. The van der Waals surface area contributed by atoms with Crippen molar-refractivity contribution in [2.45, 2.75) is 6.42 Å². The normalized spacial score (nSPS) is 10.3. The molecule has 1 aromatic heterocycles. The van der Waals surface area contributed by atoms with Crippen LogP contribution in [0.3, 0.4) is 0 Å². The molecule has 0 atom stereocenters. The van der Waals surface area contributed by atoms with E-state index in [-0.39, 0.29) is 5.56 Å². The maximum Gasteiger partial charge on any atom is 0.270 e. The van der Waals surface area contributed by atoms with Crippen molar-refractivity contribution >= 4 is 11.0 Å². The summed E-state index contributed by atoms with van der Waals surface area (Å²) in [4.78, 5) is 18.5. The van der Waals surface area contributed by atoms with Gasteiger partial charge in [0.25, 0.3) is 5.56 Å². The number of hydrogen-bond donors (Lipinski definition) is 1. The minimum Gasteiger partial charge on any atom is -0.319 e. The van der Waals surface area contributed by atoms with Gasteiger partial charge in [0.15, 0.2) is 0 Å². The predicted octanol–water partition coefficient (Wildman–Crippen LogP) is 1.65. The maximum atomic E-state index is 11.5. The Balaban J connectivity index is 2.70. The van der Waals surface area contributed by atoms with Crippen molar-refractivity contribution in [3.63, 3.8) is 0 Å². The predicted molar refractivity (Wildman–Crippen MR) is 56.3 cm³/mol. The lowest BCUT2D eigenvalue weighted by molar-refractivity contribution is 1.06. The zero-order chi connectivity index (χ0) is 9.97. The van der Waals surface area contributed by atoms with E-state index in [1.165, 1.54) is 0 Å². The molecule has 0 unspecified atom stereocenters. The number of aromatic amines is 1. The van der Waals surface area contributed by atoms with E-state index in [9.17, 15) is 4.79 Å². The summed E-state index contributed by atoms with van der Waals surface area (Å²) in [7, 11) is 0. The smallest absolute Gasteiger partial charge is 0.270 e. The number of H-pyrrole nitrogens is 1. The summed E-state index contributed by atoms with van der Waals surface area (Å²) >= 11 is 0. The molecule has 1 aromatic carbocycles. The van der Waals surface area contributed by atoms with Crippen LogP contribution < -0.4 is 5.56 Å². The lowest BCUT2D eigenvalue weighted by atomic mass is 10.2. The van der Waals surface area contributed by atoms with Crippen LogP contribution in [0.25, 0.3) is 11.0 Å². The number of benzene rings is 1. The summed E-state index contributed by atoms with van der Waals surface area (Å²) < 4.78 is 0. The molecule has 3 heteroatoms. The zero-order valence-corrected chi connectivity index (χ0v) is 7.66. The fourth-order valence-electron chi connectivity index (χ4n) is 1.34. The molecule has 1 N–H and O–H groups in total. The third-order valence-corrected chi connectivity index (χ3v) is 2.01. The maximum absolute atomic E-state index is 11.5. The van der Waals surface area contributed by atoms with E-state index in [0.29, 0.717) is 12.1 Å². The van der Waals surface area contributed by atoms with Gasteiger partial charge in [-0.2, -0.15) is 0 Å². The number of allylic oxidation sites excluding steroid dienone is 1. The Morgan fingerprint density at radius 3 is 3.00 bits per heavy atom. The van der Waals surface area contributed by atoms with Crippen molar-refractivity contribution in [1.82, 2.24) is 9.97 Å². The van der Waals surface area contributed by atoms with Gasteiger partial charge < -0.3 is 4.98 Å². The van der Waals surface area contributed by atoms with Crippen molar-refractivity contribution in [2.24, 2.45) is 0 Å². The minimum atomic E-state index is -0.136. The van der Waals surface area contributed by atoms with Crippen LogP contribution >= 0.6 is 0 Å². The Morgan fingerprint density at radius 1 is 1.43 bits per heavy atom. The Morgan fingerprint density at radius 2 is 2.21 bits per heavy atom. The van der Waals surface area contributed by atoms with Gasteiger partial charge in [-0.15, -0.1) is 6.58 Å². The average molecular weight is 186 g/mol. The van der Waals surface area contributed by atoms with Crippen molar-refractivity contribution in [3.05, 3.63) is 53.0 Å². The number of aromatic nitrogens is 2. The SMILES string of the molecule is C=CCc1nc2ccccc2[nH]c1=O. The van der Waals surface area contributed by atoms with Gasteiger partial charge >= 0.3 is 0 Å². The van der Waals surface area contributed by atoms with Crippen molar-refractivity contribution in [1.29, 1.82) is 0 Å². The van der Waals surface area contributed by atoms with Crippen LogP contribution in [0, 0.1) is 0 Å². The van der Waals surface area contributed by atoms with Gasteiger partial charge in [-0.25, -0.2) is 4.98 Å². The molecule has 0 aliphatic heterocycles. The number of nitrogens with zero attached hydrogens (tertiary/aromatic N) is 1. The molecule has 0 amide bonds. The summed E-state index contributed by atoms with van der Waals surface area (Å²) in [5.74, 6) is 0. The van der Waals surface area contributed by atoms with Crippen molar-refractivity contribution in [3.8, 4) is 0 Å². The standard InChI is InChI=1S/C11H10N2O/c1-2-5-10-11(14)13-9-7-4-3-6-8(9)12-10/h2-4,6-7H,1,5H2,(H,13,14).